The van der Waals surface area contributed by atoms with Gasteiger partial charge in [0.15, 0.2) is 0 Å². The quantitative estimate of drug-likeness (QED) is 0.747. The van der Waals surface area contributed by atoms with Crippen LogP contribution in [-0.2, 0) is 13.6 Å². The van der Waals surface area contributed by atoms with Crippen LogP contribution < -0.4 is 10.1 Å². The summed E-state index contributed by atoms with van der Waals surface area (Å²) in [5.41, 5.74) is 4.44. The summed E-state index contributed by atoms with van der Waals surface area (Å²) in [5, 5.41) is 3.57. The van der Waals surface area contributed by atoms with Crippen LogP contribution in [0.2, 0.25) is 0 Å². The third kappa shape index (κ3) is 3.66. The molecule has 1 N–H and O–H groups in total. The molecule has 4 heteroatoms. The van der Waals surface area contributed by atoms with Gasteiger partial charge in [0.1, 0.15) is 5.75 Å². The largest absolute Gasteiger partial charge is 0.496 e. The number of hydrogen-bond acceptors (Lipinski definition) is 3. The zero-order valence-corrected chi connectivity index (χ0v) is 14.4. The summed E-state index contributed by atoms with van der Waals surface area (Å²) < 4.78 is 7.43. The van der Waals surface area contributed by atoms with E-state index in [2.05, 4.69) is 53.6 Å². The van der Waals surface area contributed by atoms with Crippen molar-refractivity contribution in [1.29, 1.82) is 0 Å². The summed E-state index contributed by atoms with van der Waals surface area (Å²) in [6.07, 6.45) is 3.80. The highest BCUT2D eigenvalue weighted by atomic mass is 16.5. The fraction of sp³-hybridized carbons (Fsp3) is 0.250. The molecular formula is C20H23N3O. The first kappa shape index (κ1) is 16.3. The first-order valence-electron chi connectivity index (χ1n) is 8.11. The molecule has 0 fully saturated rings. The van der Waals surface area contributed by atoms with Crippen molar-refractivity contribution in [3.05, 3.63) is 72.2 Å². The van der Waals surface area contributed by atoms with Crippen LogP contribution in [0.15, 0.2) is 61.1 Å². The van der Waals surface area contributed by atoms with Crippen LogP contribution in [-0.4, -0.2) is 16.7 Å². The first-order chi connectivity index (χ1) is 11.7. The highest BCUT2D eigenvalue weighted by molar-refractivity contribution is 5.67. The molecule has 24 heavy (non-hydrogen) atoms. The lowest BCUT2D eigenvalue weighted by molar-refractivity contribution is 0.416. The molecule has 0 amide bonds. The molecule has 0 spiro atoms. The van der Waals surface area contributed by atoms with E-state index in [1.165, 1.54) is 11.1 Å². The SMILES string of the molecule is COc1ccc(CNC(C)c2ccccc2)cc1-c1cn(C)cn1. The molecule has 124 valence electrons. The summed E-state index contributed by atoms with van der Waals surface area (Å²) in [5.74, 6) is 0.841. The van der Waals surface area contributed by atoms with Gasteiger partial charge in [-0.2, -0.15) is 0 Å². The molecule has 0 bridgehead atoms. The second-order valence-corrected chi connectivity index (χ2v) is 5.97. The van der Waals surface area contributed by atoms with Gasteiger partial charge in [-0.05, 0) is 30.2 Å². The number of aromatic nitrogens is 2. The lowest BCUT2D eigenvalue weighted by atomic mass is 10.1. The van der Waals surface area contributed by atoms with Crippen molar-refractivity contribution in [2.75, 3.05) is 7.11 Å². The number of hydrogen-bond donors (Lipinski definition) is 1. The zero-order valence-electron chi connectivity index (χ0n) is 14.4. The second-order valence-electron chi connectivity index (χ2n) is 5.97. The van der Waals surface area contributed by atoms with Crippen molar-refractivity contribution in [1.82, 2.24) is 14.9 Å². The van der Waals surface area contributed by atoms with Crippen molar-refractivity contribution in [3.63, 3.8) is 0 Å². The van der Waals surface area contributed by atoms with Gasteiger partial charge in [0.2, 0.25) is 0 Å². The fourth-order valence-electron chi connectivity index (χ4n) is 2.75. The molecule has 2 aromatic carbocycles. The standard InChI is InChI=1S/C20H23N3O/c1-15(17-7-5-4-6-8-17)21-12-16-9-10-20(24-3)18(11-16)19-13-23(2)14-22-19/h4-11,13-15,21H,12H2,1-3H3. The Morgan fingerprint density at radius 3 is 2.62 bits per heavy atom. The molecule has 4 nitrogen and oxygen atoms in total. The van der Waals surface area contributed by atoms with Crippen molar-refractivity contribution in [3.8, 4) is 17.0 Å². The van der Waals surface area contributed by atoms with Gasteiger partial charge in [-0.25, -0.2) is 4.98 Å². The fourth-order valence-corrected chi connectivity index (χ4v) is 2.75. The monoisotopic (exact) mass is 321 g/mol. The van der Waals surface area contributed by atoms with E-state index in [-0.39, 0.29) is 0 Å². The highest BCUT2D eigenvalue weighted by Crippen LogP contribution is 2.29. The van der Waals surface area contributed by atoms with Gasteiger partial charge >= 0.3 is 0 Å². The molecule has 1 aromatic heterocycles. The molecule has 0 aliphatic heterocycles. The molecule has 0 saturated heterocycles. The smallest absolute Gasteiger partial charge is 0.128 e. The molecular weight excluding hydrogens is 298 g/mol. The summed E-state index contributed by atoms with van der Waals surface area (Å²) in [7, 11) is 3.66. The van der Waals surface area contributed by atoms with Crippen LogP contribution >= 0.6 is 0 Å². The lowest BCUT2D eigenvalue weighted by Crippen LogP contribution is -2.18. The minimum atomic E-state index is 0.298. The molecule has 1 atom stereocenters. The average Bonchev–Trinajstić information content (AvgIpc) is 3.06. The number of rotatable bonds is 6. The van der Waals surface area contributed by atoms with E-state index in [0.29, 0.717) is 6.04 Å². The van der Waals surface area contributed by atoms with Crippen molar-refractivity contribution < 1.29 is 4.74 Å². The molecule has 1 heterocycles. The van der Waals surface area contributed by atoms with Gasteiger partial charge < -0.3 is 14.6 Å². The molecule has 0 aliphatic carbocycles. The Bertz CT molecular complexity index is 796. The predicted octanol–water partition coefficient (Wildman–Crippen LogP) is 3.95. The second kappa shape index (κ2) is 7.32. The van der Waals surface area contributed by atoms with Gasteiger partial charge in [-0.1, -0.05) is 36.4 Å². The summed E-state index contributed by atoms with van der Waals surface area (Å²) in [6, 6.07) is 17.0. The lowest BCUT2D eigenvalue weighted by Gasteiger charge is -2.15. The van der Waals surface area contributed by atoms with E-state index in [9.17, 15) is 0 Å². The van der Waals surface area contributed by atoms with Crippen LogP contribution in [0.3, 0.4) is 0 Å². The Morgan fingerprint density at radius 1 is 1.17 bits per heavy atom. The predicted molar refractivity (Wildman–Crippen MR) is 96.9 cm³/mol. The number of nitrogens with one attached hydrogen (secondary N) is 1. The van der Waals surface area contributed by atoms with E-state index >= 15 is 0 Å². The summed E-state index contributed by atoms with van der Waals surface area (Å²) in [4.78, 5) is 4.44. The number of aryl methyl sites for hydroxylation is 1. The van der Waals surface area contributed by atoms with Crippen LogP contribution in [0, 0.1) is 0 Å². The average molecular weight is 321 g/mol. The number of imidazole rings is 1. The van der Waals surface area contributed by atoms with Crippen molar-refractivity contribution in [2.45, 2.75) is 19.5 Å². The third-order valence-electron chi connectivity index (χ3n) is 4.16. The topological polar surface area (TPSA) is 39.1 Å². The maximum atomic E-state index is 5.49. The molecule has 0 radical (unpaired) electrons. The first-order valence-corrected chi connectivity index (χ1v) is 8.11. The van der Waals surface area contributed by atoms with E-state index in [4.69, 9.17) is 4.74 Å². The molecule has 3 aromatic rings. The number of nitrogens with zero attached hydrogens (tertiary/aromatic N) is 2. The van der Waals surface area contributed by atoms with E-state index in [0.717, 1.165) is 23.6 Å². The third-order valence-corrected chi connectivity index (χ3v) is 4.16. The van der Waals surface area contributed by atoms with Crippen LogP contribution in [0.1, 0.15) is 24.1 Å². The highest BCUT2D eigenvalue weighted by Gasteiger charge is 2.10. The summed E-state index contributed by atoms with van der Waals surface area (Å²) in [6.45, 7) is 2.97. The zero-order chi connectivity index (χ0) is 16.9. The van der Waals surface area contributed by atoms with Gasteiger partial charge in [0.25, 0.3) is 0 Å². The van der Waals surface area contributed by atoms with Gasteiger partial charge in [0, 0.05) is 31.4 Å². The van der Waals surface area contributed by atoms with Gasteiger partial charge in [-0.3, -0.25) is 0 Å². The van der Waals surface area contributed by atoms with Gasteiger partial charge in [-0.15, -0.1) is 0 Å². The minimum Gasteiger partial charge on any atom is -0.496 e. The Hall–Kier alpha value is -2.59. The van der Waals surface area contributed by atoms with Crippen molar-refractivity contribution in [2.24, 2.45) is 7.05 Å². The number of ether oxygens (including phenoxy) is 1. The number of methoxy groups -OCH3 is 1. The van der Waals surface area contributed by atoms with Crippen LogP contribution in [0.25, 0.3) is 11.3 Å². The molecule has 0 aliphatic rings. The Balaban J connectivity index is 1.77. The van der Waals surface area contributed by atoms with Crippen LogP contribution in [0.5, 0.6) is 5.75 Å². The van der Waals surface area contributed by atoms with Crippen molar-refractivity contribution >= 4 is 0 Å². The maximum Gasteiger partial charge on any atom is 0.128 e. The Morgan fingerprint density at radius 2 is 1.96 bits per heavy atom. The normalized spacial score (nSPS) is 12.1. The Labute approximate surface area is 143 Å². The molecule has 1 unspecified atom stereocenters. The van der Waals surface area contributed by atoms with Gasteiger partial charge in [0.05, 0.1) is 19.1 Å². The summed E-state index contributed by atoms with van der Waals surface area (Å²) >= 11 is 0. The number of benzene rings is 2. The van der Waals surface area contributed by atoms with E-state index < -0.39 is 0 Å². The van der Waals surface area contributed by atoms with E-state index in [1.807, 2.05) is 29.9 Å². The maximum absolute atomic E-state index is 5.49. The van der Waals surface area contributed by atoms with Crippen LogP contribution in [0.4, 0.5) is 0 Å². The Kier molecular flexibility index (Phi) is 4.96. The minimum absolute atomic E-state index is 0.298. The molecule has 0 saturated carbocycles. The molecule has 3 rings (SSSR count). The van der Waals surface area contributed by atoms with E-state index in [1.54, 1.807) is 13.4 Å².